The Bertz CT molecular complexity index is 489. The van der Waals surface area contributed by atoms with E-state index in [9.17, 15) is 4.79 Å². The van der Waals surface area contributed by atoms with Gasteiger partial charge >= 0.3 is 0 Å². The number of carbonyl (C=O) groups is 1. The van der Waals surface area contributed by atoms with Gasteiger partial charge in [-0.15, -0.1) is 0 Å². The van der Waals surface area contributed by atoms with Crippen molar-refractivity contribution in [1.29, 1.82) is 0 Å². The van der Waals surface area contributed by atoms with Crippen LogP contribution >= 0.6 is 0 Å². The van der Waals surface area contributed by atoms with E-state index in [1.165, 1.54) is 7.05 Å². The molecule has 2 rings (SSSR count). The van der Waals surface area contributed by atoms with Gasteiger partial charge in [-0.2, -0.15) is 0 Å². The van der Waals surface area contributed by atoms with Crippen LogP contribution in [-0.2, 0) is 11.2 Å². The number of H-pyrrole nitrogens is 1. The number of amides is 1. The second-order valence-electron chi connectivity index (χ2n) is 3.44. The normalized spacial score (nSPS) is 10.5. The number of nitrogens with one attached hydrogen (secondary N) is 1. The third-order valence-electron chi connectivity index (χ3n) is 2.23. The number of carbonyl (C=O) groups excluding carboxylic acids is 1. The van der Waals surface area contributed by atoms with Gasteiger partial charge in [-0.3, -0.25) is 9.80 Å². The van der Waals surface area contributed by atoms with Gasteiger partial charge in [0.2, 0.25) is 5.91 Å². The van der Waals surface area contributed by atoms with Crippen LogP contribution in [0.15, 0.2) is 24.5 Å². The van der Waals surface area contributed by atoms with E-state index in [0.29, 0.717) is 6.42 Å². The van der Waals surface area contributed by atoms with Gasteiger partial charge in [0.05, 0.1) is 23.8 Å². The van der Waals surface area contributed by atoms with Gasteiger partial charge in [-0.25, -0.2) is 10.8 Å². The smallest absolute Gasteiger partial charge is 0.240 e. The molecule has 1 aromatic heterocycles. The standard InChI is InChI=1S/C10H12N4O/c1-14(11)10(15)5-7-2-3-8-9(4-7)13-6-12-8/h2-4,6H,5,11H2,1H3,(H,12,13). The predicted molar refractivity (Wildman–Crippen MR) is 56.8 cm³/mol. The monoisotopic (exact) mass is 204 g/mol. The molecule has 0 unspecified atom stereocenters. The molecule has 5 nitrogen and oxygen atoms in total. The van der Waals surface area contributed by atoms with Crippen molar-refractivity contribution in [2.24, 2.45) is 5.84 Å². The molecule has 1 aromatic carbocycles. The van der Waals surface area contributed by atoms with E-state index in [1.807, 2.05) is 18.2 Å². The van der Waals surface area contributed by atoms with Crippen LogP contribution < -0.4 is 5.84 Å². The number of aromatic amines is 1. The minimum absolute atomic E-state index is 0.117. The molecule has 78 valence electrons. The first kappa shape index (κ1) is 9.67. The molecule has 15 heavy (non-hydrogen) atoms. The summed E-state index contributed by atoms with van der Waals surface area (Å²) in [6.07, 6.45) is 1.94. The van der Waals surface area contributed by atoms with Crippen LogP contribution in [0, 0.1) is 0 Å². The van der Waals surface area contributed by atoms with E-state index >= 15 is 0 Å². The Balaban J connectivity index is 2.25. The first-order chi connectivity index (χ1) is 7.16. The van der Waals surface area contributed by atoms with Crippen LogP contribution in [0.25, 0.3) is 11.0 Å². The SMILES string of the molecule is CN(N)C(=O)Cc1ccc2nc[nH]c2c1. The molecule has 2 aromatic rings. The molecule has 3 N–H and O–H groups in total. The van der Waals surface area contributed by atoms with Crippen molar-refractivity contribution in [2.45, 2.75) is 6.42 Å². The molecule has 0 radical (unpaired) electrons. The Labute approximate surface area is 86.9 Å². The Morgan fingerprint density at radius 1 is 1.60 bits per heavy atom. The molecule has 0 bridgehead atoms. The van der Waals surface area contributed by atoms with Crippen molar-refractivity contribution in [3.63, 3.8) is 0 Å². The fourth-order valence-electron chi connectivity index (χ4n) is 1.39. The van der Waals surface area contributed by atoms with Crippen molar-refractivity contribution < 1.29 is 4.79 Å². The van der Waals surface area contributed by atoms with Crippen LogP contribution in [0.2, 0.25) is 0 Å². The Morgan fingerprint density at radius 3 is 3.13 bits per heavy atom. The molecule has 0 saturated heterocycles. The van der Waals surface area contributed by atoms with E-state index < -0.39 is 0 Å². The van der Waals surface area contributed by atoms with Crippen molar-refractivity contribution in [3.8, 4) is 0 Å². The summed E-state index contributed by atoms with van der Waals surface area (Å²) in [4.78, 5) is 18.5. The summed E-state index contributed by atoms with van der Waals surface area (Å²) in [5, 5.41) is 1.09. The largest absolute Gasteiger partial charge is 0.345 e. The van der Waals surface area contributed by atoms with E-state index in [0.717, 1.165) is 21.6 Å². The number of hydrogen-bond acceptors (Lipinski definition) is 3. The molecule has 5 heteroatoms. The molecule has 1 amide bonds. The topological polar surface area (TPSA) is 75.0 Å². The molecule has 0 fully saturated rings. The summed E-state index contributed by atoms with van der Waals surface area (Å²) >= 11 is 0. The van der Waals surface area contributed by atoms with Crippen LogP contribution in [-0.4, -0.2) is 27.9 Å². The lowest BCUT2D eigenvalue weighted by molar-refractivity contribution is -0.129. The summed E-state index contributed by atoms with van der Waals surface area (Å²) in [7, 11) is 1.54. The fraction of sp³-hybridized carbons (Fsp3) is 0.200. The summed E-state index contributed by atoms with van der Waals surface area (Å²) in [6, 6.07) is 5.67. The zero-order valence-electron chi connectivity index (χ0n) is 8.40. The average molecular weight is 204 g/mol. The highest BCUT2D eigenvalue weighted by Gasteiger charge is 2.06. The zero-order chi connectivity index (χ0) is 10.8. The number of rotatable bonds is 2. The Hall–Kier alpha value is -1.88. The van der Waals surface area contributed by atoms with Crippen LogP contribution in [0.4, 0.5) is 0 Å². The van der Waals surface area contributed by atoms with Gasteiger partial charge in [-0.05, 0) is 17.7 Å². The van der Waals surface area contributed by atoms with Crippen molar-refractivity contribution in [2.75, 3.05) is 7.05 Å². The van der Waals surface area contributed by atoms with Gasteiger partial charge in [0.1, 0.15) is 0 Å². The minimum atomic E-state index is -0.117. The second kappa shape index (κ2) is 3.70. The van der Waals surface area contributed by atoms with Gasteiger partial charge in [0.25, 0.3) is 0 Å². The Kier molecular flexibility index (Phi) is 2.39. The minimum Gasteiger partial charge on any atom is -0.345 e. The van der Waals surface area contributed by atoms with Gasteiger partial charge < -0.3 is 4.98 Å². The van der Waals surface area contributed by atoms with Crippen molar-refractivity contribution in [1.82, 2.24) is 15.0 Å². The number of hydrazine groups is 1. The highest BCUT2D eigenvalue weighted by Crippen LogP contribution is 2.12. The second-order valence-corrected chi connectivity index (χ2v) is 3.44. The fourth-order valence-corrected chi connectivity index (χ4v) is 1.39. The number of aromatic nitrogens is 2. The summed E-state index contributed by atoms with van der Waals surface area (Å²) < 4.78 is 0. The van der Waals surface area contributed by atoms with E-state index in [-0.39, 0.29) is 5.91 Å². The summed E-state index contributed by atoms with van der Waals surface area (Å²) in [6.45, 7) is 0. The molecular formula is C10H12N4O. The number of likely N-dealkylation sites (N-methyl/N-ethyl adjacent to an activating group) is 1. The highest BCUT2D eigenvalue weighted by atomic mass is 16.2. The van der Waals surface area contributed by atoms with E-state index in [4.69, 9.17) is 5.84 Å². The number of imidazole rings is 1. The molecule has 0 aliphatic rings. The number of hydrogen-bond donors (Lipinski definition) is 2. The molecule has 0 atom stereocenters. The lowest BCUT2D eigenvalue weighted by atomic mass is 10.1. The number of fused-ring (bicyclic) bond motifs is 1. The van der Waals surface area contributed by atoms with Crippen LogP contribution in [0.3, 0.4) is 0 Å². The molecule has 1 heterocycles. The third-order valence-corrected chi connectivity index (χ3v) is 2.23. The number of nitrogens with zero attached hydrogens (tertiary/aromatic N) is 2. The predicted octanol–water partition coefficient (Wildman–Crippen LogP) is 0.437. The number of nitrogens with two attached hydrogens (primary N) is 1. The number of benzene rings is 1. The van der Waals surface area contributed by atoms with Crippen molar-refractivity contribution >= 4 is 16.9 Å². The lowest BCUT2D eigenvalue weighted by Crippen LogP contribution is -2.34. The quantitative estimate of drug-likeness (QED) is 0.423. The summed E-state index contributed by atoms with van der Waals surface area (Å²) in [5.41, 5.74) is 2.75. The van der Waals surface area contributed by atoms with Gasteiger partial charge in [0.15, 0.2) is 0 Å². The first-order valence-corrected chi connectivity index (χ1v) is 4.60. The first-order valence-electron chi connectivity index (χ1n) is 4.60. The zero-order valence-corrected chi connectivity index (χ0v) is 8.40. The highest BCUT2D eigenvalue weighted by molar-refractivity contribution is 5.81. The molecule has 0 aliphatic heterocycles. The van der Waals surface area contributed by atoms with Crippen LogP contribution in [0.5, 0.6) is 0 Å². The molecule has 0 aliphatic carbocycles. The summed E-state index contributed by atoms with van der Waals surface area (Å²) in [5.74, 6) is 5.22. The molecule has 0 saturated carbocycles. The third kappa shape index (κ3) is 1.97. The maximum absolute atomic E-state index is 11.4. The van der Waals surface area contributed by atoms with Crippen LogP contribution in [0.1, 0.15) is 5.56 Å². The molecule has 0 spiro atoms. The molecular weight excluding hydrogens is 192 g/mol. The van der Waals surface area contributed by atoms with E-state index in [2.05, 4.69) is 9.97 Å². The maximum atomic E-state index is 11.4. The van der Waals surface area contributed by atoms with E-state index in [1.54, 1.807) is 6.33 Å². The van der Waals surface area contributed by atoms with Gasteiger partial charge in [0, 0.05) is 7.05 Å². The van der Waals surface area contributed by atoms with Gasteiger partial charge in [-0.1, -0.05) is 6.07 Å². The Morgan fingerprint density at radius 2 is 2.40 bits per heavy atom. The average Bonchev–Trinajstić information content (AvgIpc) is 2.64. The lowest BCUT2D eigenvalue weighted by Gasteiger charge is -2.09. The van der Waals surface area contributed by atoms with Crippen molar-refractivity contribution in [3.05, 3.63) is 30.1 Å². The maximum Gasteiger partial charge on any atom is 0.240 e.